The summed E-state index contributed by atoms with van der Waals surface area (Å²) in [7, 11) is 1.85. The highest BCUT2D eigenvalue weighted by Crippen LogP contribution is 2.34. The zero-order valence-corrected chi connectivity index (χ0v) is 15.0. The van der Waals surface area contributed by atoms with Crippen LogP contribution in [0.1, 0.15) is 31.4 Å². The quantitative estimate of drug-likeness (QED) is 0.767. The van der Waals surface area contributed by atoms with Crippen molar-refractivity contribution in [1.82, 2.24) is 19.7 Å². The molecule has 1 aliphatic heterocycles. The van der Waals surface area contributed by atoms with E-state index < -0.39 is 0 Å². The first-order chi connectivity index (χ1) is 12.6. The van der Waals surface area contributed by atoms with Gasteiger partial charge in [-0.15, -0.1) is 0 Å². The molecule has 0 aliphatic carbocycles. The van der Waals surface area contributed by atoms with Crippen LogP contribution in [0.25, 0.3) is 21.8 Å². The number of hydrogen-bond donors (Lipinski definition) is 1. The van der Waals surface area contributed by atoms with Gasteiger partial charge in [0.2, 0.25) is 0 Å². The number of benzene rings is 1. The van der Waals surface area contributed by atoms with Gasteiger partial charge in [0.15, 0.2) is 0 Å². The number of nitrogens with zero attached hydrogens (tertiary/aromatic N) is 3. The standard InChI is InChI=1S/C19H22N4O3/c1-3-26-19(25)23-10-8-12(9-11-23)16-15-13-6-4-5-7-14(13)18(24)20-17(15)22(2)21-16/h4-7,12H,3,8-11H2,1-2H3,(H,20,24). The molecule has 3 heterocycles. The molecule has 2 aromatic heterocycles. The molecular formula is C19H22N4O3. The molecule has 0 radical (unpaired) electrons. The van der Waals surface area contributed by atoms with Gasteiger partial charge in [0, 0.05) is 42.2 Å². The number of rotatable bonds is 2. The molecule has 0 atom stereocenters. The topological polar surface area (TPSA) is 80.2 Å². The number of aromatic nitrogens is 3. The van der Waals surface area contributed by atoms with Crippen molar-refractivity contribution in [3.05, 3.63) is 40.3 Å². The van der Waals surface area contributed by atoms with Gasteiger partial charge < -0.3 is 14.6 Å². The Morgan fingerprint density at radius 2 is 1.96 bits per heavy atom. The Kier molecular flexibility index (Phi) is 4.14. The van der Waals surface area contributed by atoms with Crippen LogP contribution in [0.4, 0.5) is 4.79 Å². The first kappa shape index (κ1) is 16.6. The molecule has 7 heteroatoms. The van der Waals surface area contributed by atoms with Gasteiger partial charge in [-0.05, 0) is 25.8 Å². The number of aromatic amines is 1. The van der Waals surface area contributed by atoms with Gasteiger partial charge in [-0.25, -0.2) is 4.79 Å². The van der Waals surface area contributed by atoms with Crippen molar-refractivity contribution in [2.24, 2.45) is 7.05 Å². The molecule has 1 saturated heterocycles. The van der Waals surface area contributed by atoms with Gasteiger partial charge in [0.25, 0.3) is 5.56 Å². The molecule has 0 bridgehead atoms. The second kappa shape index (κ2) is 6.48. The van der Waals surface area contributed by atoms with Gasteiger partial charge in [-0.1, -0.05) is 18.2 Å². The van der Waals surface area contributed by atoms with Crippen LogP contribution in [0.3, 0.4) is 0 Å². The number of amides is 1. The van der Waals surface area contributed by atoms with Crippen LogP contribution < -0.4 is 5.56 Å². The molecule has 1 N–H and O–H groups in total. The summed E-state index contributed by atoms with van der Waals surface area (Å²) in [6.07, 6.45) is 1.42. The Morgan fingerprint density at radius 3 is 2.65 bits per heavy atom. The third kappa shape index (κ3) is 2.64. The lowest BCUT2D eigenvalue weighted by atomic mass is 9.91. The lowest BCUT2D eigenvalue weighted by Crippen LogP contribution is -2.38. The average Bonchev–Trinajstić information content (AvgIpc) is 2.99. The van der Waals surface area contributed by atoms with Crippen LogP contribution in [0.2, 0.25) is 0 Å². The van der Waals surface area contributed by atoms with E-state index >= 15 is 0 Å². The lowest BCUT2D eigenvalue weighted by molar-refractivity contribution is 0.0969. The van der Waals surface area contributed by atoms with Crippen molar-refractivity contribution in [2.75, 3.05) is 19.7 Å². The molecule has 26 heavy (non-hydrogen) atoms. The van der Waals surface area contributed by atoms with Gasteiger partial charge >= 0.3 is 6.09 Å². The smallest absolute Gasteiger partial charge is 0.409 e. The summed E-state index contributed by atoms with van der Waals surface area (Å²) in [6, 6.07) is 7.64. The Hall–Kier alpha value is -2.83. The third-order valence-electron chi connectivity index (χ3n) is 5.15. The molecule has 1 fully saturated rings. The predicted molar refractivity (Wildman–Crippen MR) is 99.4 cm³/mol. The van der Waals surface area contributed by atoms with E-state index in [1.54, 1.807) is 9.58 Å². The number of ether oxygens (including phenoxy) is 1. The van der Waals surface area contributed by atoms with Crippen molar-refractivity contribution >= 4 is 27.9 Å². The van der Waals surface area contributed by atoms with E-state index in [9.17, 15) is 9.59 Å². The summed E-state index contributed by atoms with van der Waals surface area (Å²) in [5.74, 6) is 0.249. The molecular weight excluding hydrogens is 332 g/mol. The first-order valence-electron chi connectivity index (χ1n) is 8.99. The van der Waals surface area contributed by atoms with Crippen LogP contribution in [-0.2, 0) is 11.8 Å². The maximum absolute atomic E-state index is 12.4. The molecule has 136 valence electrons. The normalized spacial score (nSPS) is 15.7. The molecule has 1 aromatic carbocycles. The number of likely N-dealkylation sites (tertiary alicyclic amines) is 1. The minimum atomic E-state index is -0.244. The number of carbonyl (C=O) groups excluding carboxylic acids is 1. The van der Waals surface area contributed by atoms with Crippen molar-refractivity contribution in [3.8, 4) is 0 Å². The van der Waals surface area contributed by atoms with Gasteiger partial charge in [-0.2, -0.15) is 5.10 Å². The number of piperidine rings is 1. The molecule has 7 nitrogen and oxygen atoms in total. The van der Waals surface area contributed by atoms with Crippen molar-refractivity contribution in [3.63, 3.8) is 0 Å². The fourth-order valence-electron chi connectivity index (χ4n) is 3.86. The van der Waals surface area contributed by atoms with E-state index in [2.05, 4.69) is 4.98 Å². The van der Waals surface area contributed by atoms with E-state index in [0.717, 1.165) is 35.0 Å². The number of fused-ring (bicyclic) bond motifs is 3. The van der Waals surface area contributed by atoms with Gasteiger partial charge in [0.05, 0.1) is 12.3 Å². The highest BCUT2D eigenvalue weighted by molar-refractivity contribution is 6.05. The van der Waals surface area contributed by atoms with Crippen LogP contribution in [0, 0.1) is 0 Å². The fourth-order valence-corrected chi connectivity index (χ4v) is 3.86. The number of pyridine rings is 1. The Labute approximate surface area is 150 Å². The molecule has 0 saturated carbocycles. The Balaban J connectivity index is 1.73. The molecule has 0 unspecified atom stereocenters. The maximum Gasteiger partial charge on any atom is 0.409 e. The van der Waals surface area contributed by atoms with Crippen molar-refractivity contribution in [1.29, 1.82) is 0 Å². The van der Waals surface area contributed by atoms with Crippen LogP contribution >= 0.6 is 0 Å². The molecule has 4 rings (SSSR count). The number of aryl methyl sites for hydroxylation is 1. The second-order valence-corrected chi connectivity index (χ2v) is 6.69. The molecule has 3 aromatic rings. The molecule has 0 spiro atoms. The largest absolute Gasteiger partial charge is 0.450 e. The van der Waals surface area contributed by atoms with E-state index in [1.165, 1.54) is 0 Å². The van der Waals surface area contributed by atoms with E-state index in [1.807, 2.05) is 38.2 Å². The highest BCUT2D eigenvalue weighted by Gasteiger charge is 2.28. The van der Waals surface area contributed by atoms with E-state index in [0.29, 0.717) is 25.1 Å². The fraction of sp³-hybridized carbons (Fsp3) is 0.421. The molecule has 1 aliphatic rings. The molecule has 1 amide bonds. The number of carbonyl (C=O) groups is 1. The summed E-state index contributed by atoms with van der Waals surface area (Å²) >= 11 is 0. The SMILES string of the molecule is CCOC(=O)N1CCC(c2nn(C)c3[nH]c(=O)c4ccccc4c23)CC1. The summed E-state index contributed by atoms with van der Waals surface area (Å²) < 4.78 is 6.84. The van der Waals surface area contributed by atoms with E-state index in [4.69, 9.17) is 9.84 Å². The third-order valence-corrected chi connectivity index (χ3v) is 5.15. The van der Waals surface area contributed by atoms with Gasteiger partial charge in [0.1, 0.15) is 5.65 Å². The predicted octanol–water partition coefficient (Wildman–Crippen LogP) is 2.75. The van der Waals surface area contributed by atoms with Crippen LogP contribution in [-0.4, -0.2) is 45.5 Å². The number of hydrogen-bond acceptors (Lipinski definition) is 4. The lowest BCUT2D eigenvalue weighted by Gasteiger charge is -2.30. The summed E-state index contributed by atoms with van der Waals surface area (Å²) in [6.45, 7) is 3.52. The van der Waals surface area contributed by atoms with E-state index in [-0.39, 0.29) is 17.6 Å². The highest BCUT2D eigenvalue weighted by atomic mass is 16.6. The van der Waals surface area contributed by atoms with Crippen LogP contribution in [0.15, 0.2) is 29.1 Å². The zero-order valence-electron chi connectivity index (χ0n) is 15.0. The summed E-state index contributed by atoms with van der Waals surface area (Å²) in [5.41, 5.74) is 1.65. The van der Waals surface area contributed by atoms with Crippen LogP contribution in [0.5, 0.6) is 0 Å². The van der Waals surface area contributed by atoms with Crippen molar-refractivity contribution < 1.29 is 9.53 Å². The van der Waals surface area contributed by atoms with Gasteiger partial charge in [-0.3, -0.25) is 9.48 Å². The Bertz CT molecular complexity index is 1030. The maximum atomic E-state index is 12.4. The zero-order chi connectivity index (χ0) is 18.3. The second-order valence-electron chi connectivity index (χ2n) is 6.69. The monoisotopic (exact) mass is 354 g/mol. The van der Waals surface area contributed by atoms with Crippen molar-refractivity contribution in [2.45, 2.75) is 25.7 Å². The number of H-pyrrole nitrogens is 1. The summed E-state index contributed by atoms with van der Waals surface area (Å²) in [4.78, 5) is 29.0. The average molecular weight is 354 g/mol. The summed E-state index contributed by atoms with van der Waals surface area (Å²) in [5, 5.41) is 7.35. The minimum Gasteiger partial charge on any atom is -0.450 e. The Morgan fingerprint density at radius 1 is 1.27 bits per heavy atom. The first-order valence-corrected chi connectivity index (χ1v) is 8.99. The minimum absolute atomic E-state index is 0.0974. The number of nitrogens with one attached hydrogen (secondary N) is 1.